The number of carbonyl (C=O) groups is 1. The van der Waals surface area contributed by atoms with Crippen LogP contribution < -0.4 is 0 Å². The summed E-state index contributed by atoms with van der Waals surface area (Å²) < 4.78 is 16.9. The Kier molecular flexibility index (Phi) is 8.15. The van der Waals surface area contributed by atoms with Gasteiger partial charge in [0.2, 0.25) is 11.8 Å². The summed E-state index contributed by atoms with van der Waals surface area (Å²) in [5.74, 6) is 2.86. The molecular formula is C23H37N3O4. The maximum Gasteiger partial charge on any atom is 0.229 e. The van der Waals surface area contributed by atoms with Crippen molar-refractivity contribution in [3.63, 3.8) is 0 Å². The van der Waals surface area contributed by atoms with Crippen LogP contribution in [0.1, 0.15) is 88.3 Å². The van der Waals surface area contributed by atoms with Crippen molar-refractivity contribution in [2.45, 2.75) is 89.1 Å². The second kappa shape index (κ2) is 11.2. The number of hydrogen-bond acceptors (Lipinski definition) is 6. The van der Waals surface area contributed by atoms with Crippen LogP contribution >= 0.6 is 0 Å². The molecule has 7 heteroatoms. The van der Waals surface area contributed by atoms with Crippen molar-refractivity contribution >= 4 is 5.91 Å². The number of likely N-dealkylation sites (tertiary alicyclic amines) is 1. The van der Waals surface area contributed by atoms with Gasteiger partial charge in [0.15, 0.2) is 5.82 Å². The first-order valence-electron chi connectivity index (χ1n) is 12.1. The lowest BCUT2D eigenvalue weighted by atomic mass is 9.86. The summed E-state index contributed by atoms with van der Waals surface area (Å²) in [7, 11) is 0. The van der Waals surface area contributed by atoms with Crippen molar-refractivity contribution in [2.24, 2.45) is 5.92 Å². The highest BCUT2D eigenvalue weighted by atomic mass is 16.5. The minimum Gasteiger partial charge on any atom is -0.381 e. The Bertz CT molecular complexity index is 653. The Morgan fingerprint density at radius 1 is 1.07 bits per heavy atom. The number of ether oxygens (including phenoxy) is 2. The third-order valence-electron chi connectivity index (χ3n) is 6.96. The van der Waals surface area contributed by atoms with Gasteiger partial charge in [-0.3, -0.25) is 4.79 Å². The van der Waals surface area contributed by atoms with E-state index in [-0.39, 0.29) is 6.10 Å². The number of hydrogen-bond donors (Lipinski definition) is 0. The Morgan fingerprint density at radius 2 is 1.90 bits per heavy atom. The molecular weight excluding hydrogens is 382 g/mol. The van der Waals surface area contributed by atoms with E-state index < -0.39 is 0 Å². The average molecular weight is 420 g/mol. The summed E-state index contributed by atoms with van der Waals surface area (Å²) >= 11 is 0. The van der Waals surface area contributed by atoms with Gasteiger partial charge in [-0.25, -0.2) is 0 Å². The van der Waals surface area contributed by atoms with Crippen LogP contribution in [0, 0.1) is 5.92 Å². The standard InChI is InChI=1S/C23H37N3O4/c27-22(9-8-18-5-2-1-3-6-18)26-13-4-7-20(17-26)29-16-12-21-24-23(30-25-21)19-10-14-28-15-11-19/h18-20H,1-17H2. The van der Waals surface area contributed by atoms with Gasteiger partial charge in [-0.2, -0.15) is 4.98 Å². The molecule has 4 rings (SSSR count). The second-order valence-electron chi connectivity index (χ2n) is 9.20. The largest absolute Gasteiger partial charge is 0.381 e. The summed E-state index contributed by atoms with van der Waals surface area (Å²) in [5.41, 5.74) is 0. The van der Waals surface area contributed by atoms with Gasteiger partial charge in [-0.15, -0.1) is 0 Å². The molecule has 1 atom stereocenters. The molecule has 3 fully saturated rings. The van der Waals surface area contributed by atoms with E-state index in [1.54, 1.807) is 0 Å². The number of carbonyl (C=O) groups excluding carboxylic acids is 1. The molecule has 30 heavy (non-hydrogen) atoms. The molecule has 0 aromatic carbocycles. The van der Waals surface area contributed by atoms with E-state index >= 15 is 0 Å². The van der Waals surface area contributed by atoms with Crippen LogP contribution in [0.25, 0.3) is 0 Å². The fourth-order valence-corrected chi connectivity index (χ4v) is 5.06. The van der Waals surface area contributed by atoms with Gasteiger partial charge in [0.25, 0.3) is 0 Å². The maximum absolute atomic E-state index is 12.7. The first kappa shape index (κ1) is 21.8. The maximum atomic E-state index is 12.7. The van der Waals surface area contributed by atoms with Gasteiger partial charge in [0.1, 0.15) is 0 Å². The Labute approximate surface area is 179 Å². The number of nitrogens with zero attached hydrogens (tertiary/aromatic N) is 3. The molecule has 1 aromatic rings. The molecule has 0 N–H and O–H groups in total. The lowest BCUT2D eigenvalue weighted by Crippen LogP contribution is -2.43. The summed E-state index contributed by atoms with van der Waals surface area (Å²) in [6.45, 7) is 3.71. The fraction of sp³-hybridized carbons (Fsp3) is 0.870. The summed E-state index contributed by atoms with van der Waals surface area (Å²) in [6, 6.07) is 0. The first-order chi connectivity index (χ1) is 14.8. The van der Waals surface area contributed by atoms with Crippen LogP contribution in [-0.2, 0) is 20.7 Å². The molecule has 1 aliphatic carbocycles. The van der Waals surface area contributed by atoms with Crippen LogP contribution in [-0.4, -0.2) is 60.0 Å². The topological polar surface area (TPSA) is 77.7 Å². The highest BCUT2D eigenvalue weighted by Gasteiger charge is 2.26. The molecule has 0 radical (unpaired) electrons. The third-order valence-corrected chi connectivity index (χ3v) is 6.96. The van der Waals surface area contributed by atoms with Gasteiger partial charge in [-0.05, 0) is 38.0 Å². The van der Waals surface area contributed by atoms with Crippen molar-refractivity contribution < 1.29 is 18.8 Å². The van der Waals surface area contributed by atoms with Gasteiger partial charge >= 0.3 is 0 Å². The summed E-state index contributed by atoms with van der Waals surface area (Å²) in [6.07, 6.45) is 13.2. The molecule has 168 valence electrons. The van der Waals surface area contributed by atoms with Crippen LogP contribution in [0.5, 0.6) is 0 Å². The molecule has 1 amide bonds. The van der Waals surface area contributed by atoms with Crippen LogP contribution in [0.2, 0.25) is 0 Å². The van der Waals surface area contributed by atoms with Crippen molar-refractivity contribution in [3.8, 4) is 0 Å². The molecule has 0 bridgehead atoms. The lowest BCUT2D eigenvalue weighted by Gasteiger charge is -2.33. The predicted molar refractivity (Wildman–Crippen MR) is 112 cm³/mol. The van der Waals surface area contributed by atoms with Gasteiger partial charge in [-0.1, -0.05) is 37.3 Å². The van der Waals surface area contributed by atoms with E-state index in [0.717, 1.165) is 70.2 Å². The third kappa shape index (κ3) is 6.27. The normalized spacial score (nSPS) is 24.3. The molecule has 3 aliphatic rings. The highest BCUT2D eigenvalue weighted by Crippen LogP contribution is 2.28. The minimum atomic E-state index is 0.124. The monoisotopic (exact) mass is 419 g/mol. The van der Waals surface area contributed by atoms with Crippen LogP contribution in [0.4, 0.5) is 0 Å². The highest BCUT2D eigenvalue weighted by molar-refractivity contribution is 5.76. The molecule has 7 nitrogen and oxygen atoms in total. The van der Waals surface area contributed by atoms with Gasteiger partial charge in [0.05, 0.1) is 12.7 Å². The van der Waals surface area contributed by atoms with E-state index in [0.29, 0.717) is 37.1 Å². The SMILES string of the molecule is O=C(CCC1CCCCC1)N1CCCC(OCCc2noc(C3CCOCC3)n2)C1. The zero-order valence-electron chi connectivity index (χ0n) is 18.2. The quantitative estimate of drug-likeness (QED) is 0.636. The van der Waals surface area contributed by atoms with E-state index in [9.17, 15) is 4.79 Å². The predicted octanol–water partition coefficient (Wildman–Crippen LogP) is 3.87. The Hall–Kier alpha value is -1.47. The smallest absolute Gasteiger partial charge is 0.229 e. The minimum absolute atomic E-state index is 0.124. The molecule has 1 aromatic heterocycles. The number of aromatic nitrogens is 2. The summed E-state index contributed by atoms with van der Waals surface area (Å²) in [5, 5.41) is 4.11. The molecule has 2 saturated heterocycles. The molecule has 2 aliphatic heterocycles. The number of amides is 1. The Balaban J connectivity index is 1.15. The van der Waals surface area contributed by atoms with Crippen LogP contribution in [0.3, 0.4) is 0 Å². The van der Waals surface area contributed by atoms with Crippen LogP contribution in [0.15, 0.2) is 4.52 Å². The Morgan fingerprint density at radius 3 is 2.73 bits per heavy atom. The molecule has 3 heterocycles. The first-order valence-corrected chi connectivity index (χ1v) is 12.1. The molecule has 1 saturated carbocycles. The van der Waals surface area contributed by atoms with Crippen molar-refractivity contribution in [1.82, 2.24) is 15.0 Å². The van der Waals surface area contributed by atoms with Crippen molar-refractivity contribution in [3.05, 3.63) is 11.7 Å². The lowest BCUT2D eigenvalue weighted by molar-refractivity contribution is -0.135. The fourth-order valence-electron chi connectivity index (χ4n) is 5.06. The second-order valence-corrected chi connectivity index (χ2v) is 9.20. The van der Waals surface area contributed by atoms with E-state index in [4.69, 9.17) is 14.0 Å². The summed E-state index contributed by atoms with van der Waals surface area (Å²) in [4.78, 5) is 19.2. The number of rotatable bonds is 8. The molecule has 1 unspecified atom stereocenters. The van der Waals surface area contributed by atoms with Crippen molar-refractivity contribution in [2.75, 3.05) is 32.9 Å². The van der Waals surface area contributed by atoms with Gasteiger partial charge in [0, 0.05) is 45.1 Å². The van der Waals surface area contributed by atoms with Crippen molar-refractivity contribution in [1.29, 1.82) is 0 Å². The van der Waals surface area contributed by atoms with E-state index in [1.165, 1.54) is 32.1 Å². The van der Waals surface area contributed by atoms with Gasteiger partial charge < -0.3 is 18.9 Å². The van der Waals surface area contributed by atoms with E-state index in [1.807, 2.05) is 4.90 Å². The zero-order valence-corrected chi connectivity index (χ0v) is 18.2. The molecule has 0 spiro atoms. The number of piperidine rings is 1. The average Bonchev–Trinajstić information content (AvgIpc) is 3.28. The van der Waals surface area contributed by atoms with E-state index in [2.05, 4.69) is 10.1 Å². The zero-order chi connectivity index (χ0) is 20.6.